The van der Waals surface area contributed by atoms with Gasteiger partial charge in [0.15, 0.2) is 5.75 Å². The summed E-state index contributed by atoms with van der Waals surface area (Å²) in [6.45, 7) is -3.07. The van der Waals surface area contributed by atoms with E-state index in [2.05, 4.69) is 26.0 Å². The third-order valence-corrected chi connectivity index (χ3v) is 3.61. The Morgan fingerprint density at radius 3 is 2.65 bits per heavy atom. The van der Waals surface area contributed by atoms with Crippen LogP contribution in [0.5, 0.6) is 5.75 Å². The van der Waals surface area contributed by atoms with E-state index < -0.39 is 18.3 Å². The SMILES string of the molecule is O=C(Cc1ccccc1F)Nc1cc(Cl)cc(Br)c1OC(F)F. The molecule has 0 bridgehead atoms. The van der Waals surface area contributed by atoms with Gasteiger partial charge in [-0.05, 0) is 39.7 Å². The van der Waals surface area contributed by atoms with Crippen LogP contribution in [0.4, 0.5) is 18.9 Å². The molecule has 0 aromatic heterocycles. The maximum Gasteiger partial charge on any atom is 0.387 e. The van der Waals surface area contributed by atoms with Crippen LogP contribution < -0.4 is 10.1 Å². The van der Waals surface area contributed by atoms with Crippen molar-refractivity contribution in [3.8, 4) is 5.75 Å². The van der Waals surface area contributed by atoms with E-state index in [9.17, 15) is 18.0 Å². The quantitative estimate of drug-likeness (QED) is 0.754. The summed E-state index contributed by atoms with van der Waals surface area (Å²) in [6.07, 6.45) is -0.259. The van der Waals surface area contributed by atoms with Crippen molar-refractivity contribution < 1.29 is 22.7 Å². The molecule has 0 aliphatic rings. The van der Waals surface area contributed by atoms with Crippen LogP contribution in [-0.4, -0.2) is 12.5 Å². The first-order valence-electron chi connectivity index (χ1n) is 6.34. The second-order valence-electron chi connectivity index (χ2n) is 4.46. The monoisotopic (exact) mass is 407 g/mol. The molecule has 1 amide bonds. The molecule has 122 valence electrons. The van der Waals surface area contributed by atoms with Crippen molar-refractivity contribution >= 4 is 39.1 Å². The summed E-state index contributed by atoms with van der Waals surface area (Å²) in [5.41, 5.74) is 0.147. The number of hydrogen-bond acceptors (Lipinski definition) is 2. The molecular formula is C15H10BrClF3NO2. The fourth-order valence-corrected chi connectivity index (χ4v) is 2.77. The van der Waals surface area contributed by atoms with E-state index in [0.29, 0.717) is 0 Å². The number of anilines is 1. The van der Waals surface area contributed by atoms with Crippen LogP contribution in [0.3, 0.4) is 0 Å². The molecule has 8 heteroatoms. The van der Waals surface area contributed by atoms with Gasteiger partial charge < -0.3 is 10.1 Å². The van der Waals surface area contributed by atoms with Crippen LogP contribution in [0.15, 0.2) is 40.9 Å². The van der Waals surface area contributed by atoms with Gasteiger partial charge in [-0.2, -0.15) is 8.78 Å². The van der Waals surface area contributed by atoms with Crippen LogP contribution in [0.25, 0.3) is 0 Å². The fraction of sp³-hybridized carbons (Fsp3) is 0.133. The Morgan fingerprint density at radius 1 is 1.30 bits per heavy atom. The van der Waals surface area contributed by atoms with Crippen LogP contribution in [0.2, 0.25) is 5.02 Å². The molecule has 1 N–H and O–H groups in total. The van der Waals surface area contributed by atoms with Crippen LogP contribution in [0, 0.1) is 5.82 Å². The normalized spacial score (nSPS) is 10.7. The smallest absolute Gasteiger partial charge is 0.387 e. The van der Waals surface area contributed by atoms with Gasteiger partial charge in [0.25, 0.3) is 0 Å². The molecule has 0 unspecified atom stereocenters. The molecule has 0 radical (unpaired) electrons. The number of amides is 1. The lowest BCUT2D eigenvalue weighted by Gasteiger charge is -2.14. The summed E-state index contributed by atoms with van der Waals surface area (Å²) >= 11 is 8.88. The Labute approximate surface area is 143 Å². The predicted octanol–water partition coefficient (Wildman–Crippen LogP) is 5.02. The zero-order valence-corrected chi connectivity index (χ0v) is 13.8. The largest absolute Gasteiger partial charge is 0.431 e. The van der Waals surface area contributed by atoms with E-state index in [0.717, 1.165) is 0 Å². The Kier molecular flexibility index (Phi) is 5.90. The van der Waals surface area contributed by atoms with Crippen molar-refractivity contribution in [1.29, 1.82) is 0 Å². The van der Waals surface area contributed by atoms with E-state index in [1.807, 2.05) is 0 Å². The van der Waals surface area contributed by atoms with E-state index in [1.165, 1.54) is 30.3 Å². The Bertz CT molecular complexity index is 728. The lowest BCUT2D eigenvalue weighted by atomic mass is 10.1. The van der Waals surface area contributed by atoms with Gasteiger partial charge in [0, 0.05) is 5.02 Å². The van der Waals surface area contributed by atoms with Gasteiger partial charge in [-0.3, -0.25) is 4.79 Å². The molecule has 0 aliphatic carbocycles. The Morgan fingerprint density at radius 2 is 2.00 bits per heavy atom. The van der Waals surface area contributed by atoms with E-state index in [-0.39, 0.29) is 32.9 Å². The van der Waals surface area contributed by atoms with Gasteiger partial charge in [0.05, 0.1) is 16.6 Å². The van der Waals surface area contributed by atoms with Crippen molar-refractivity contribution in [3.63, 3.8) is 0 Å². The maximum absolute atomic E-state index is 13.5. The molecule has 2 aromatic rings. The minimum Gasteiger partial charge on any atom is -0.431 e. The summed E-state index contributed by atoms with van der Waals surface area (Å²) < 4.78 is 43.0. The molecule has 0 spiro atoms. The van der Waals surface area contributed by atoms with Crippen molar-refractivity contribution in [2.75, 3.05) is 5.32 Å². The summed E-state index contributed by atoms with van der Waals surface area (Å²) in [4.78, 5) is 12.0. The third kappa shape index (κ3) is 4.87. The first kappa shape index (κ1) is 17.6. The van der Waals surface area contributed by atoms with Gasteiger partial charge in [0.2, 0.25) is 5.91 Å². The molecule has 2 aromatic carbocycles. The molecular weight excluding hydrogens is 399 g/mol. The molecule has 0 aliphatic heterocycles. The van der Waals surface area contributed by atoms with Crippen molar-refractivity contribution in [1.82, 2.24) is 0 Å². The lowest BCUT2D eigenvalue weighted by Crippen LogP contribution is -2.16. The van der Waals surface area contributed by atoms with E-state index >= 15 is 0 Å². The number of rotatable bonds is 5. The minimum atomic E-state index is -3.07. The first-order chi connectivity index (χ1) is 10.9. The van der Waals surface area contributed by atoms with Gasteiger partial charge in [-0.15, -0.1) is 0 Å². The van der Waals surface area contributed by atoms with Crippen molar-refractivity contribution in [3.05, 3.63) is 57.3 Å². The zero-order valence-electron chi connectivity index (χ0n) is 11.5. The summed E-state index contributed by atoms with van der Waals surface area (Å²) in [6, 6.07) is 8.39. The highest BCUT2D eigenvalue weighted by Gasteiger charge is 2.17. The molecule has 0 saturated carbocycles. The van der Waals surface area contributed by atoms with Gasteiger partial charge in [0.1, 0.15) is 5.82 Å². The topological polar surface area (TPSA) is 38.3 Å². The number of ether oxygens (including phenoxy) is 1. The van der Waals surface area contributed by atoms with Crippen molar-refractivity contribution in [2.24, 2.45) is 0 Å². The molecule has 23 heavy (non-hydrogen) atoms. The van der Waals surface area contributed by atoms with Gasteiger partial charge in [-0.1, -0.05) is 29.8 Å². The highest BCUT2D eigenvalue weighted by atomic mass is 79.9. The van der Waals surface area contributed by atoms with Gasteiger partial charge in [-0.25, -0.2) is 4.39 Å². The Hall–Kier alpha value is -1.73. The maximum atomic E-state index is 13.5. The summed E-state index contributed by atoms with van der Waals surface area (Å²) in [5.74, 6) is -1.38. The van der Waals surface area contributed by atoms with E-state index in [1.54, 1.807) is 6.07 Å². The lowest BCUT2D eigenvalue weighted by molar-refractivity contribution is -0.115. The van der Waals surface area contributed by atoms with Crippen LogP contribution in [0.1, 0.15) is 5.56 Å². The molecule has 0 fully saturated rings. The first-order valence-corrected chi connectivity index (χ1v) is 7.51. The van der Waals surface area contributed by atoms with Crippen LogP contribution >= 0.6 is 27.5 Å². The zero-order chi connectivity index (χ0) is 17.0. The highest BCUT2D eigenvalue weighted by Crippen LogP contribution is 2.37. The number of nitrogens with one attached hydrogen (secondary N) is 1. The summed E-state index contributed by atoms with van der Waals surface area (Å²) in [7, 11) is 0. The average Bonchev–Trinajstić information content (AvgIpc) is 2.45. The number of carbonyl (C=O) groups is 1. The standard InChI is InChI=1S/C15H10BrClF3NO2/c16-10-6-9(17)7-12(14(10)23-15(19)20)21-13(22)5-8-3-1-2-4-11(8)18/h1-4,6-7,15H,5H2,(H,21,22). The second-order valence-corrected chi connectivity index (χ2v) is 5.75. The third-order valence-electron chi connectivity index (χ3n) is 2.80. The number of halogens is 5. The number of hydrogen-bond donors (Lipinski definition) is 1. The predicted molar refractivity (Wildman–Crippen MR) is 84.5 cm³/mol. The molecule has 0 heterocycles. The van der Waals surface area contributed by atoms with Crippen LogP contribution in [-0.2, 0) is 11.2 Å². The highest BCUT2D eigenvalue weighted by molar-refractivity contribution is 9.10. The average molecular weight is 409 g/mol. The van der Waals surface area contributed by atoms with E-state index in [4.69, 9.17) is 11.6 Å². The van der Waals surface area contributed by atoms with Gasteiger partial charge >= 0.3 is 6.61 Å². The second kappa shape index (κ2) is 7.70. The molecule has 2 rings (SSSR count). The minimum absolute atomic E-state index is 0.0361. The summed E-state index contributed by atoms with van der Waals surface area (Å²) in [5, 5.41) is 2.60. The molecule has 0 saturated heterocycles. The number of alkyl halides is 2. The Balaban J connectivity index is 2.21. The number of benzene rings is 2. The molecule has 0 atom stereocenters. The number of carbonyl (C=O) groups excluding carboxylic acids is 1. The molecule has 3 nitrogen and oxygen atoms in total. The fourth-order valence-electron chi connectivity index (χ4n) is 1.87. The van der Waals surface area contributed by atoms with Crippen molar-refractivity contribution in [2.45, 2.75) is 13.0 Å².